The van der Waals surface area contributed by atoms with Gasteiger partial charge in [0.2, 0.25) is 15.9 Å². The molecule has 0 saturated carbocycles. The molecule has 2 aliphatic heterocycles. The fourth-order valence-corrected chi connectivity index (χ4v) is 5.32. The summed E-state index contributed by atoms with van der Waals surface area (Å²) in [4.78, 5) is 28.7. The molecule has 1 amide bonds. The highest BCUT2D eigenvalue weighted by molar-refractivity contribution is 7.89. The first kappa shape index (κ1) is 23.8. The number of amides is 1. The van der Waals surface area contributed by atoms with Gasteiger partial charge in [0.25, 0.3) is 5.69 Å². The zero-order valence-corrected chi connectivity index (χ0v) is 19.4. The smallest absolute Gasteiger partial charge is 0.293 e. The Labute approximate surface area is 197 Å². The average molecular weight is 490 g/mol. The van der Waals surface area contributed by atoms with Crippen LogP contribution in [0.3, 0.4) is 0 Å². The number of nitrogens with one attached hydrogen (secondary N) is 1. The molecule has 0 unspecified atom stereocenters. The fraction of sp³-hybridized carbons (Fsp3) is 0.409. The van der Waals surface area contributed by atoms with Gasteiger partial charge in [0.15, 0.2) is 0 Å². The van der Waals surface area contributed by atoms with E-state index in [0.717, 1.165) is 18.9 Å². The molecule has 0 bridgehead atoms. The number of nitro groups is 1. The first-order chi connectivity index (χ1) is 16.3. The van der Waals surface area contributed by atoms with Crippen LogP contribution in [0.25, 0.3) is 0 Å². The van der Waals surface area contributed by atoms with Crippen LogP contribution in [0.5, 0.6) is 5.75 Å². The summed E-state index contributed by atoms with van der Waals surface area (Å²) in [6.45, 7) is 2.70. The van der Waals surface area contributed by atoms with Crippen LogP contribution in [-0.4, -0.2) is 75.1 Å². The monoisotopic (exact) mass is 489 g/mol. The largest absolute Gasteiger partial charge is 0.506 e. The van der Waals surface area contributed by atoms with Gasteiger partial charge < -0.3 is 19.8 Å². The van der Waals surface area contributed by atoms with Crippen molar-refractivity contribution >= 4 is 33.0 Å². The molecule has 2 aromatic carbocycles. The van der Waals surface area contributed by atoms with Crippen LogP contribution in [0.15, 0.2) is 47.4 Å². The highest BCUT2D eigenvalue weighted by atomic mass is 32.2. The molecular weight excluding hydrogens is 462 g/mol. The Morgan fingerprint density at radius 3 is 2.26 bits per heavy atom. The van der Waals surface area contributed by atoms with Gasteiger partial charge in [0.1, 0.15) is 11.4 Å². The number of nitro benzene ring substituents is 1. The molecule has 0 aliphatic carbocycles. The van der Waals surface area contributed by atoms with Gasteiger partial charge in [0, 0.05) is 45.3 Å². The summed E-state index contributed by atoms with van der Waals surface area (Å²) in [6, 6.07) is 10.8. The number of hydrogen-bond donors (Lipinski definition) is 2. The Hall–Kier alpha value is -3.38. The lowest BCUT2D eigenvalue weighted by Crippen LogP contribution is -2.51. The topological polar surface area (TPSA) is 136 Å². The van der Waals surface area contributed by atoms with Crippen LogP contribution in [0.1, 0.15) is 12.8 Å². The average Bonchev–Trinajstić information content (AvgIpc) is 3.37. The number of rotatable bonds is 7. The van der Waals surface area contributed by atoms with Crippen LogP contribution < -0.4 is 14.5 Å². The number of carbonyl (C=O) groups is 1. The van der Waals surface area contributed by atoms with Gasteiger partial charge in [0.05, 0.1) is 22.1 Å². The molecule has 2 N–H and O–H groups in total. The molecule has 182 valence electrons. The maximum absolute atomic E-state index is 12.7. The third-order valence-electron chi connectivity index (χ3n) is 6.17. The van der Waals surface area contributed by atoms with Crippen LogP contribution in [-0.2, 0) is 14.8 Å². The van der Waals surface area contributed by atoms with Gasteiger partial charge in [-0.3, -0.25) is 14.9 Å². The molecule has 2 heterocycles. The molecule has 2 fully saturated rings. The van der Waals surface area contributed by atoms with E-state index in [-0.39, 0.29) is 22.2 Å². The van der Waals surface area contributed by atoms with Crippen LogP contribution >= 0.6 is 0 Å². The number of hydrogen-bond acceptors (Lipinski definition) is 8. The lowest BCUT2D eigenvalue weighted by molar-refractivity contribution is -0.384. The molecule has 2 aromatic rings. The van der Waals surface area contributed by atoms with Crippen molar-refractivity contribution in [1.82, 2.24) is 9.62 Å². The Bertz CT molecular complexity index is 1170. The molecule has 2 aliphatic rings. The van der Waals surface area contributed by atoms with Crippen LogP contribution in [0.2, 0.25) is 0 Å². The van der Waals surface area contributed by atoms with Crippen molar-refractivity contribution in [2.24, 2.45) is 0 Å². The van der Waals surface area contributed by atoms with Gasteiger partial charge in [-0.25, -0.2) is 13.1 Å². The minimum absolute atomic E-state index is 0.167. The lowest BCUT2D eigenvalue weighted by Gasteiger charge is -2.36. The van der Waals surface area contributed by atoms with E-state index in [2.05, 4.69) is 4.72 Å². The predicted molar refractivity (Wildman–Crippen MR) is 127 cm³/mol. The minimum atomic E-state index is -4.11. The first-order valence-corrected chi connectivity index (χ1v) is 12.6. The predicted octanol–water partition coefficient (Wildman–Crippen LogP) is 1.53. The number of sulfonamides is 1. The quantitative estimate of drug-likeness (QED) is 0.441. The Morgan fingerprint density at radius 2 is 1.62 bits per heavy atom. The van der Waals surface area contributed by atoms with Gasteiger partial charge in [-0.1, -0.05) is 12.1 Å². The van der Waals surface area contributed by atoms with E-state index in [4.69, 9.17) is 0 Å². The maximum atomic E-state index is 12.7. The van der Waals surface area contributed by atoms with Gasteiger partial charge in [-0.05, 0) is 37.1 Å². The Balaban J connectivity index is 1.37. The lowest BCUT2D eigenvalue weighted by atomic mass is 10.2. The number of anilines is 2. The highest BCUT2D eigenvalue weighted by Crippen LogP contribution is 2.33. The number of phenolic OH excluding ortho intramolecular Hbond substituents is 1. The molecule has 0 atom stereocenters. The highest BCUT2D eigenvalue weighted by Gasteiger charge is 2.27. The molecule has 4 rings (SSSR count). The molecule has 11 nitrogen and oxygen atoms in total. The van der Waals surface area contributed by atoms with Crippen LogP contribution in [0.4, 0.5) is 17.1 Å². The SMILES string of the molecule is O=C(CNS(=O)(=O)c1ccc(N2CCCC2)c([N+](=O)[O-])c1)N1CCN(c2ccccc2O)CC1. The van der Waals surface area contributed by atoms with Gasteiger partial charge >= 0.3 is 0 Å². The van der Waals surface area contributed by atoms with Crippen molar-refractivity contribution < 1.29 is 23.2 Å². The minimum Gasteiger partial charge on any atom is -0.506 e. The van der Waals surface area contributed by atoms with E-state index >= 15 is 0 Å². The molecule has 34 heavy (non-hydrogen) atoms. The molecule has 12 heteroatoms. The second kappa shape index (κ2) is 9.85. The summed E-state index contributed by atoms with van der Waals surface area (Å²) in [5.74, 6) is -0.219. The van der Waals surface area contributed by atoms with Crippen molar-refractivity contribution in [3.63, 3.8) is 0 Å². The van der Waals surface area contributed by atoms with E-state index in [9.17, 15) is 28.4 Å². The standard InChI is InChI=1S/C22H27N5O6S/c28-21-6-2-1-5-19(21)25-11-13-26(14-12-25)22(29)16-23-34(32,33)17-7-8-18(20(15-17)27(30)31)24-9-3-4-10-24/h1-2,5-8,15,23,28H,3-4,9-14,16H2. The van der Waals surface area contributed by atoms with E-state index in [1.807, 2.05) is 15.9 Å². The second-order valence-corrected chi connectivity index (χ2v) is 10.0. The maximum Gasteiger partial charge on any atom is 0.293 e. The number of benzene rings is 2. The van der Waals surface area contributed by atoms with E-state index in [1.54, 1.807) is 23.1 Å². The number of piperazine rings is 1. The van der Waals surface area contributed by atoms with E-state index < -0.39 is 21.5 Å². The van der Waals surface area contributed by atoms with E-state index in [0.29, 0.717) is 50.6 Å². The van der Waals surface area contributed by atoms with Gasteiger partial charge in [-0.15, -0.1) is 0 Å². The molecule has 0 radical (unpaired) electrons. The van der Waals surface area contributed by atoms with Crippen molar-refractivity contribution in [2.75, 3.05) is 55.6 Å². The summed E-state index contributed by atoms with van der Waals surface area (Å²) in [5, 5.41) is 21.6. The fourth-order valence-electron chi connectivity index (χ4n) is 4.32. The zero-order chi connectivity index (χ0) is 24.3. The number of aromatic hydroxyl groups is 1. The Morgan fingerprint density at radius 1 is 0.971 bits per heavy atom. The second-order valence-electron chi connectivity index (χ2n) is 8.28. The third-order valence-corrected chi connectivity index (χ3v) is 7.57. The summed E-state index contributed by atoms with van der Waals surface area (Å²) in [6.07, 6.45) is 1.86. The molecular formula is C22H27N5O6S. The first-order valence-electron chi connectivity index (χ1n) is 11.1. The van der Waals surface area contributed by atoms with E-state index in [1.165, 1.54) is 12.1 Å². The molecule has 2 saturated heterocycles. The third kappa shape index (κ3) is 5.07. The molecule has 0 spiro atoms. The van der Waals surface area contributed by atoms with Crippen molar-refractivity contribution in [1.29, 1.82) is 0 Å². The van der Waals surface area contributed by atoms with Gasteiger partial charge in [-0.2, -0.15) is 0 Å². The van der Waals surface area contributed by atoms with Crippen molar-refractivity contribution in [3.8, 4) is 5.75 Å². The Kier molecular flexibility index (Phi) is 6.89. The number of phenols is 1. The molecule has 0 aromatic heterocycles. The van der Waals surface area contributed by atoms with Crippen molar-refractivity contribution in [2.45, 2.75) is 17.7 Å². The number of para-hydroxylation sites is 2. The number of nitrogens with zero attached hydrogens (tertiary/aromatic N) is 4. The zero-order valence-electron chi connectivity index (χ0n) is 18.6. The number of carbonyl (C=O) groups excluding carboxylic acids is 1. The normalized spacial score (nSPS) is 16.6. The summed E-state index contributed by atoms with van der Waals surface area (Å²) in [7, 11) is -4.11. The van der Waals surface area contributed by atoms with Crippen molar-refractivity contribution in [3.05, 3.63) is 52.6 Å². The summed E-state index contributed by atoms with van der Waals surface area (Å²) >= 11 is 0. The summed E-state index contributed by atoms with van der Waals surface area (Å²) in [5.41, 5.74) is 0.825. The summed E-state index contributed by atoms with van der Waals surface area (Å²) < 4.78 is 27.8. The van der Waals surface area contributed by atoms with Crippen LogP contribution in [0, 0.1) is 10.1 Å².